The van der Waals surface area contributed by atoms with Crippen molar-refractivity contribution in [2.75, 3.05) is 5.73 Å². The second-order valence-electron chi connectivity index (χ2n) is 4.91. The Labute approximate surface area is 134 Å². The van der Waals surface area contributed by atoms with E-state index >= 15 is 0 Å². The Balaban J connectivity index is 1.98. The first kappa shape index (κ1) is 15.4. The normalized spacial score (nSPS) is 10.7. The summed E-state index contributed by atoms with van der Waals surface area (Å²) < 4.78 is 32.5. The van der Waals surface area contributed by atoms with Gasteiger partial charge in [-0.2, -0.15) is 0 Å². The number of hydrogen-bond acceptors (Lipinski definition) is 2. The molecule has 3 aromatic carbocycles. The fraction of sp³-hybridized carbons (Fsp3) is 0. The minimum atomic E-state index is -1.25. The highest BCUT2D eigenvalue weighted by molar-refractivity contribution is 7.68. The lowest BCUT2D eigenvalue weighted by Gasteiger charge is -2.19. The zero-order chi connectivity index (χ0) is 16.2. The molecule has 2 nitrogen and oxygen atoms in total. The van der Waals surface area contributed by atoms with Gasteiger partial charge in [0.2, 0.25) is 0 Å². The highest BCUT2D eigenvalue weighted by Gasteiger charge is 2.17. The fourth-order valence-electron chi connectivity index (χ4n) is 2.08. The Bertz CT molecular complexity index is 745. The summed E-state index contributed by atoms with van der Waals surface area (Å²) in [6.45, 7) is 0. The van der Waals surface area contributed by atoms with Crippen molar-refractivity contribution in [3.63, 3.8) is 0 Å². The maximum absolute atomic E-state index is 13.2. The van der Waals surface area contributed by atoms with E-state index in [1.54, 1.807) is 48.5 Å². The summed E-state index contributed by atoms with van der Waals surface area (Å²) in [7, 11) is -1.25. The molecule has 0 spiro atoms. The van der Waals surface area contributed by atoms with E-state index in [1.165, 1.54) is 24.3 Å². The minimum Gasteiger partial charge on any atom is -0.464 e. The quantitative estimate of drug-likeness (QED) is 0.581. The van der Waals surface area contributed by atoms with Gasteiger partial charge < -0.3 is 10.3 Å². The van der Waals surface area contributed by atoms with E-state index in [-0.39, 0.29) is 11.6 Å². The summed E-state index contributed by atoms with van der Waals surface area (Å²) >= 11 is 0. The maximum atomic E-state index is 13.2. The van der Waals surface area contributed by atoms with Gasteiger partial charge in [-0.05, 0) is 60.7 Å². The zero-order valence-corrected chi connectivity index (χ0v) is 13.0. The van der Waals surface area contributed by atoms with Crippen LogP contribution in [0.1, 0.15) is 0 Å². The molecule has 2 N–H and O–H groups in total. The topological polar surface area (TPSA) is 35.2 Å². The van der Waals surface area contributed by atoms with Gasteiger partial charge in [-0.25, -0.2) is 8.78 Å². The minimum absolute atomic E-state index is 0.313. The molecule has 3 rings (SSSR count). The third-order valence-electron chi connectivity index (χ3n) is 3.18. The molecule has 0 amide bonds. The van der Waals surface area contributed by atoms with Gasteiger partial charge >= 0.3 is 0 Å². The summed E-state index contributed by atoms with van der Waals surface area (Å²) in [5.74, 6) is -0.0108. The third-order valence-corrected chi connectivity index (χ3v) is 5.10. The first-order valence-electron chi connectivity index (χ1n) is 6.96. The monoisotopic (exact) mass is 329 g/mol. The van der Waals surface area contributed by atoms with Gasteiger partial charge in [0.25, 0.3) is 0 Å². The molecular weight excluding hydrogens is 315 g/mol. The Morgan fingerprint density at radius 3 is 1.74 bits per heavy atom. The molecule has 0 unspecified atom stereocenters. The highest BCUT2D eigenvalue weighted by Crippen LogP contribution is 2.37. The SMILES string of the molecule is Nc1cccc(OP(c2ccc(F)cc2)c2ccc(F)cc2)c1. The van der Waals surface area contributed by atoms with Gasteiger partial charge in [-0.1, -0.05) is 6.07 Å². The van der Waals surface area contributed by atoms with E-state index in [1.807, 2.05) is 0 Å². The third kappa shape index (κ3) is 3.85. The van der Waals surface area contributed by atoms with Crippen LogP contribution in [0.3, 0.4) is 0 Å². The van der Waals surface area contributed by atoms with Crippen molar-refractivity contribution in [1.82, 2.24) is 0 Å². The molecule has 0 saturated carbocycles. The van der Waals surface area contributed by atoms with E-state index in [2.05, 4.69) is 0 Å². The lowest BCUT2D eigenvalue weighted by atomic mass is 10.3. The maximum Gasteiger partial charge on any atom is 0.150 e. The van der Waals surface area contributed by atoms with Crippen LogP contribution in [-0.4, -0.2) is 0 Å². The summed E-state index contributed by atoms with van der Waals surface area (Å²) in [6.07, 6.45) is 0. The first-order chi connectivity index (χ1) is 11.1. The molecular formula is C18H14F2NOP. The second kappa shape index (κ2) is 6.76. The molecule has 23 heavy (non-hydrogen) atoms. The van der Waals surface area contributed by atoms with Crippen molar-refractivity contribution in [2.24, 2.45) is 0 Å². The lowest BCUT2D eigenvalue weighted by molar-refractivity contribution is 0.624. The van der Waals surface area contributed by atoms with E-state index in [9.17, 15) is 8.78 Å². The predicted octanol–water partition coefficient (Wildman–Crippen LogP) is 3.97. The van der Waals surface area contributed by atoms with Gasteiger partial charge in [0, 0.05) is 22.4 Å². The average Bonchev–Trinajstić information content (AvgIpc) is 2.55. The summed E-state index contributed by atoms with van der Waals surface area (Å²) in [5, 5.41) is 1.66. The number of benzene rings is 3. The van der Waals surface area contributed by atoms with Crippen LogP contribution in [-0.2, 0) is 0 Å². The zero-order valence-electron chi connectivity index (χ0n) is 12.1. The number of nitrogens with two attached hydrogens (primary N) is 1. The van der Waals surface area contributed by atoms with Crippen LogP contribution in [0, 0.1) is 11.6 Å². The second-order valence-corrected chi connectivity index (χ2v) is 6.72. The number of nitrogen functional groups attached to an aromatic ring is 1. The van der Waals surface area contributed by atoms with Crippen molar-refractivity contribution in [3.05, 3.63) is 84.4 Å². The molecule has 116 valence electrons. The van der Waals surface area contributed by atoms with Crippen molar-refractivity contribution in [2.45, 2.75) is 0 Å². The molecule has 0 aliphatic carbocycles. The van der Waals surface area contributed by atoms with Crippen molar-refractivity contribution >= 4 is 24.4 Å². The van der Waals surface area contributed by atoms with E-state index in [4.69, 9.17) is 10.3 Å². The van der Waals surface area contributed by atoms with Crippen molar-refractivity contribution in [3.8, 4) is 5.75 Å². The number of halogens is 2. The molecule has 0 saturated heterocycles. The smallest absolute Gasteiger partial charge is 0.150 e. The van der Waals surface area contributed by atoms with Crippen LogP contribution in [0.15, 0.2) is 72.8 Å². The van der Waals surface area contributed by atoms with Gasteiger partial charge in [0.05, 0.1) is 0 Å². The Hall–Kier alpha value is -2.45. The van der Waals surface area contributed by atoms with Gasteiger partial charge in [0.1, 0.15) is 17.4 Å². The van der Waals surface area contributed by atoms with E-state index < -0.39 is 8.15 Å². The molecule has 0 aliphatic heterocycles. The van der Waals surface area contributed by atoms with Crippen molar-refractivity contribution in [1.29, 1.82) is 0 Å². The Kier molecular flexibility index (Phi) is 4.54. The Morgan fingerprint density at radius 2 is 1.26 bits per heavy atom. The van der Waals surface area contributed by atoms with Crippen LogP contribution in [0.25, 0.3) is 0 Å². The summed E-state index contributed by atoms with van der Waals surface area (Å²) in [5.41, 5.74) is 6.37. The number of hydrogen-bond donors (Lipinski definition) is 1. The highest BCUT2D eigenvalue weighted by atomic mass is 31.1. The molecule has 5 heteroatoms. The van der Waals surface area contributed by atoms with Gasteiger partial charge in [-0.3, -0.25) is 0 Å². The van der Waals surface area contributed by atoms with Crippen molar-refractivity contribution < 1.29 is 13.3 Å². The van der Waals surface area contributed by atoms with Crippen LogP contribution < -0.4 is 20.9 Å². The van der Waals surface area contributed by atoms with Crippen LogP contribution in [0.4, 0.5) is 14.5 Å². The van der Waals surface area contributed by atoms with Crippen LogP contribution >= 0.6 is 8.15 Å². The van der Waals surface area contributed by atoms with Gasteiger partial charge in [-0.15, -0.1) is 0 Å². The summed E-state index contributed by atoms with van der Waals surface area (Å²) in [4.78, 5) is 0. The van der Waals surface area contributed by atoms with Crippen LogP contribution in [0.5, 0.6) is 5.75 Å². The first-order valence-corrected chi connectivity index (χ1v) is 8.22. The van der Waals surface area contributed by atoms with Crippen LogP contribution in [0.2, 0.25) is 0 Å². The largest absolute Gasteiger partial charge is 0.464 e. The van der Waals surface area contributed by atoms with E-state index in [0.29, 0.717) is 11.4 Å². The average molecular weight is 329 g/mol. The summed E-state index contributed by atoms with van der Waals surface area (Å²) in [6, 6.07) is 19.3. The molecule has 0 bridgehead atoms. The van der Waals surface area contributed by atoms with E-state index in [0.717, 1.165) is 10.6 Å². The molecule has 0 aliphatic rings. The fourth-order valence-corrected chi connectivity index (χ4v) is 3.76. The number of rotatable bonds is 4. The molecule has 0 fully saturated rings. The lowest BCUT2D eigenvalue weighted by Crippen LogP contribution is -2.16. The predicted molar refractivity (Wildman–Crippen MR) is 90.5 cm³/mol. The standard InChI is InChI=1S/C18H14F2NOP/c19-13-4-8-17(9-5-13)23(18-10-6-14(20)7-11-18)22-16-3-1-2-15(21)12-16/h1-12H,21H2. The van der Waals surface area contributed by atoms with Gasteiger partial charge in [0.15, 0.2) is 8.15 Å². The molecule has 0 radical (unpaired) electrons. The molecule has 0 aromatic heterocycles. The Morgan fingerprint density at radius 1 is 0.739 bits per heavy atom. The molecule has 3 aromatic rings. The number of anilines is 1. The molecule has 0 heterocycles. The molecule has 0 atom stereocenters.